The molecule has 0 bridgehead atoms. The molecule has 3 aromatic carbocycles. The number of phenols is 1. The molecule has 1 saturated heterocycles. The summed E-state index contributed by atoms with van der Waals surface area (Å²) in [7, 11) is 1.57. The number of methoxy groups -OCH3 is 1. The van der Waals surface area contributed by atoms with E-state index >= 15 is 0 Å². The van der Waals surface area contributed by atoms with E-state index in [-0.39, 0.29) is 23.2 Å². The van der Waals surface area contributed by atoms with E-state index in [0.29, 0.717) is 33.9 Å². The number of anilines is 1. The van der Waals surface area contributed by atoms with Crippen LogP contribution in [-0.2, 0) is 16.0 Å². The second-order valence-corrected chi connectivity index (χ2v) is 10.1. The molecule has 2 N–H and O–H groups in total. The van der Waals surface area contributed by atoms with E-state index in [4.69, 9.17) is 9.47 Å². The summed E-state index contributed by atoms with van der Waals surface area (Å²) in [5, 5.41) is 21.6. The standard InChI is InChI=1S/C28H22N2O6S/c1-14-11-17-12-16(5-10-21(17)36-14)25(32)23-24(15-3-6-18(31)7-4-15)30(27(34)26(23)33)28-29-20-9-8-19(35-2)13-22(20)37-28/h3-10,12-14,24,31-32H,11H2,1-2H3/t14-,24+/m1/s1. The molecule has 1 fully saturated rings. The Morgan fingerprint density at radius 3 is 2.65 bits per heavy atom. The first-order valence-electron chi connectivity index (χ1n) is 11.7. The van der Waals surface area contributed by atoms with E-state index in [9.17, 15) is 19.8 Å². The Hall–Kier alpha value is -4.37. The Morgan fingerprint density at radius 2 is 1.89 bits per heavy atom. The van der Waals surface area contributed by atoms with Gasteiger partial charge in [-0.3, -0.25) is 14.5 Å². The van der Waals surface area contributed by atoms with Crippen molar-refractivity contribution in [1.29, 1.82) is 0 Å². The highest BCUT2D eigenvalue weighted by molar-refractivity contribution is 7.22. The van der Waals surface area contributed by atoms with Gasteiger partial charge in [0.25, 0.3) is 5.78 Å². The molecular formula is C28H22N2O6S. The molecule has 2 aliphatic rings. The lowest BCUT2D eigenvalue weighted by Crippen LogP contribution is -2.29. The Labute approximate surface area is 216 Å². The summed E-state index contributed by atoms with van der Waals surface area (Å²) in [4.78, 5) is 32.8. The van der Waals surface area contributed by atoms with Crippen LogP contribution in [0.3, 0.4) is 0 Å². The molecular weight excluding hydrogens is 492 g/mol. The number of hydrogen-bond acceptors (Lipinski definition) is 8. The molecule has 0 spiro atoms. The van der Waals surface area contributed by atoms with Gasteiger partial charge in [0, 0.05) is 12.0 Å². The first-order valence-corrected chi connectivity index (χ1v) is 12.5. The minimum absolute atomic E-state index is 0.0210. The van der Waals surface area contributed by atoms with Crippen LogP contribution in [0.25, 0.3) is 16.0 Å². The van der Waals surface area contributed by atoms with Crippen molar-refractivity contribution in [2.45, 2.75) is 25.5 Å². The van der Waals surface area contributed by atoms with Crippen molar-refractivity contribution >= 4 is 44.1 Å². The van der Waals surface area contributed by atoms with Crippen LogP contribution in [0.1, 0.15) is 29.7 Å². The third kappa shape index (κ3) is 3.79. The maximum absolute atomic E-state index is 13.4. The van der Waals surface area contributed by atoms with Crippen LogP contribution in [0, 0.1) is 0 Å². The first-order chi connectivity index (χ1) is 17.8. The van der Waals surface area contributed by atoms with E-state index in [1.807, 2.05) is 13.0 Å². The molecule has 1 amide bonds. The minimum Gasteiger partial charge on any atom is -0.508 e. The van der Waals surface area contributed by atoms with E-state index in [0.717, 1.165) is 16.0 Å². The maximum Gasteiger partial charge on any atom is 0.301 e. The van der Waals surface area contributed by atoms with Crippen molar-refractivity contribution in [3.05, 3.63) is 82.9 Å². The molecule has 186 valence electrons. The zero-order valence-corrected chi connectivity index (χ0v) is 20.8. The third-order valence-corrected chi connectivity index (χ3v) is 7.63. The van der Waals surface area contributed by atoms with Gasteiger partial charge in [-0.1, -0.05) is 23.5 Å². The van der Waals surface area contributed by atoms with Crippen LogP contribution in [0.4, 0.5) is 5.13 Å². The van der Waals surface area contributed by atoms with Crippen LogP contribution in [0.2, 0.25) is 0 Å². The number of benzene rings is 3. The number of carbonyl (C=O) groups excluding carboxylic acids is 2. The lowest BCUT2D eigenvalue weighted by Gasteiger charge is -2.23. The van der Waals surface area contributed by atoms with Gasteiger partial charge in [-0.2, -0.15) is 0 Å². The number of ketones is 1. The maximum atomic E-state index is 13.4. The molecule has 6 rings (SSSR count). The van der Waals surface area contributed by atoms with Gasteiger partial charge in [0.15, 0.2) is 5.13 Å². The predicted molar refractivity (Wildman–Crippen MR) is 139 cm³/mol. The molecule has 2 atom stereocenters. The summed E-state index contributed by atoms with van der Waals surface area (Å²) in [6.07, 6.45) is 0.703. The molecule has 0 saturated carbocycles. The Balaban J connectivity index is 1.52. The number of rotatable bonds is 4. The quantitative estimate of drug-likeness (QED) is 0.225. The van der Waals surface area contributed by atoms with Crippen LogP contribution in [0.15, 0.2) is 66.2 Å². The van der Waals surface area contributed by atoms with Crippen molar-refractivity contribution in [3.63, 3.8) is 0 Å². The second kappa shape index (κ2) is 8.63. The molecule has 8 nitrogen and oxygen atoms in total. The Bertz CT molecular complexity index is 1610. The number of aliphatic hydroxyl groups is 1. The third-order valence-electron chi connectivity index (χ3n) is 6.61. The summed E-state index contributed by atoms with van der Waals surface area (Å²) in [6.45, 7) is 1.96. The average Bonchev–Trinajstić information content (AvgIpc) is 3.55. The van der Waals surface area contributed by atoms with Crippen molar-refractivity contribution in [3.8, 4) is 17.2 Å². The fourth-order valence-corrected chi connectivity index (χ4v) is 5.87. The highest BCUT2D eigenvalue weighted by Gasteiger charge is 2.48. The van der Waals surface area contributed by atoms with Gasteiger partial charge in [0.1, 0.15) is 29.1 Å². The number of hydrogen-bond donors (Lipinski definition) is 2. The SMILES string of the molecule is COc1ccc2nc(N3C(=O)C(=O)C(=C(O)c4ccc5c(c4)C[C@@H](C)O5)[C@@H]3c3ccc(O)cc3)sc2c1. The summed E-state index contributed by atoms with van der Waals surface area (Å²) in [5.41, 5.74) is 2.51. The zero-order chi connectivity index (χ0) is 25.8. The fraction of sp³-hybridized carbons (Fsp3) is 0.179. The number of thiazole rings is 1. The normalized spacial score (nSPS) is 20.3. The molecule has 0 unspecified atom stereocenters. The van der Waals surface area contributed by atoms with E-state index in [1.165, 1.54) is 28.4 Å². The summed E-state index contributed by atoms with van der Waals surface area (Å²) < 4.78 is 11.8. The van der Waals surface area contributed by atoms with Gasteiger partial charge >= 0.3 is 5.91 Å². The van der Waals surface area contributed by atoms with Gasteiger partial charge in [-0.25, -0.2) is 4.98 Å². The number of aliphatic hydroxyl groups excluding tert-OH is 1. The Kier molecular flexibility index (Phi) is 5.38. The summed E-state index contributed by atoms with van der Waals surface area (Å²) in [5.74, 6) is -0.440. The second-order valence-electron chi connectivity index (χ2n) is 9.05. The van der Waals surface area contributed by atoms with Crippen LogP contribution in [0.5, 0.6) is 17.2 Å². The van der Waals surface area contributed by atoms with Gasteiger partial charge in [0.2, 0.25) is 0 Å². The minimum atomic E-state index is -0.938. The number of Topliss-reactive ketones (excluding diaryl/α,β-unsaturated/α-hetero) is 1. The monoisotopic (exact) mass is 514 g/mol. The van der Waals surface area contributed by atoms with Crippen molar-refractivity contribution < 1.29 is 29.3 Å². The van der Waals surface area contributed by atoms with Crippen molar-refractivity contribution in [2.75, 3.05) is 12.0 Å². The summed E-state index contributed by atoms with van der Waals surface area (Å²) >= 11 is 1.25. The topological polar surface area (TPSA) is 109 Å². The lowest BCUT2D eigenvalue weighted by molar-refractivity contribution is -0.132. The van der Waals surface area contributed by atoms with Crippen molar-refractivity contribution in [2.24, 2.45) is 0 Å². The number of fused-ring (bicyclic) bond motifs is 2. The molecule has 9 heteroatoms. The van der Waals surface area contributed by atoms with Crippen LogP contribution < -0.4 is 14.4 Å². The van der Waals surface area contributed by atoms with Gasteiger partial charge < -0.3 is 19.7 Å². The van der Waals surface area contributed by atoms with Gasteiger partial charge in [-0.05, 0) is 66.6 Å². The largest absolute Gasteiger partial charge is 0.508 e. The molecule has 4 aromatic rings. The van der Waals surface area contributed by atoms with Crippen molar-refractivity contribution in [1.82, 2.24) is 4.98 Å². The number of amides is 1. The average molecular weight is 515 g/mol. The zero-order valence-electron chi connectivity index (χ0n) is 20.0. The number of phenolic OH excluding ortho intramolecular Hbond substituents is 1. The Morgan fingerprint density at radius 1 is 1.11 bits per heavy atom. The molecule has 37 heavy (non-hydrogen) atoms. The molecule has 3 heterocycles. The van der Waals surface area contributed by atoms with Crippen LogP contribution >= 0.6 is 11.3 Å². The highest BCUT2D eigenvalue weighted by Crippen LogP contribution is 2.45. The number of carbonyl (C=O) groups is 2. The number of aromatic hydroxyl groups is 1. The van der Waals surface area contributed by atoms with Gasteiger partial charge in [-0.15, -0.1) is 0 Å². The first kappa shape index (κ1) is 23.1. The smallest absolute Gasteiger partial charge is 0.301 e. The van der Waals surface area contributed by atoms with E-state index in [1.54, 1.807) is 49.6 Å². The van der Waals surface area contributed by atoms with E-state index in [2.05, 4.69) is 4.98 Å². The van der Waals surface area contributed by atoms with Crippen LogP contribution in [-0.4, -0.2) is 40.1 Å². The number of ether oxygens (including phenoxy) is 2. The lowest BCUT2D eigenvalue weighted by atomic mass is 9.94. The summed E-state index contributed by atoms with van der Waals surface area (Å²) in [6, 6.07) is 15.9. The molecule has 0 aliphatic carbocycles. The molecule has 2 aliphatic heterocycles. The number of aromatic nitrogens is 1. The predicted octanol–water partition coefficient (Wildman–Crippen LogP) is 4.96. The number of nitrogens with zero attached hydrogens (tertiary/aromatic N) is 2. The van der Waals surface area contributed by atoms with E-state index < -0.39 is 17.7 Å². The molecule has 0 radical (unpaired) electrons. The van der Waals surface area contributed by atoms with Gasteiger partial charge in [0.05, 0.1) is 28.9 Å². The fourth-order valence-electron chi connectivity index (χ4n) is 4.85. The highest BCUT2D eigenvalue weighted by atomic mass is 32.1. The molecule has 1 aromatic heterocycles.